The minimum absolute atomic E-state index is 0.0482. The van der Waals surface area contributed by atoms with Gasteiger partial charge in [-0.15, -0.1) is 0 Å². The molecule has 9 heteroatoms. The first kappa shape index (κ1) is 25.5. The van der Waals surface area contributed by atoms with Crippen molar-refractivity contribution in [2.24, 2.45) is 0 Å². The van der Waals surface area contributed by atoms with Crippen molar-refractivity contribution in [3.8, 4) is 11.5 Å². The predicted molar refractivity (Wildman–Crippen MR) is 139 cm³/mol. The third kappa shape index (κ3) is 5.98. The monoisotopic (exact) mass is 509 g/mol. The highest BCUT2D eigenvalue weighted by atomic mass is 32.2. The molecule has 2 N–H and O–H groups in total. The molecule has 1 unspecified atom stereocenters. The minimum Gasteiger partial charge on any atom is -0.497 e. The van der Waals surface area contributed by atoms with E-state index >= 15 is 0 Å². The number of carbonyl (C=O) groups excluding carboxylic acids is 1. The zero-order valence-electron chi connectivity index (χ0n) is 20.4. The molecule has 8 nitrogen and oxygen atoms in total. The quantitative estimate of drug-likeness (QED) is 0.428. The normalized spacial score (nSPS) is 14.7. The summed E-state index contributed by atoms with van der Waals surface area (Å²) in [5.41, 5.74) is 1.84. The van der Waals surface area contributed by atoms with Gasteiger partial charge in [0, 0.05) is 12.1 Å². The van der Waals surface area contributed by atoms with Crippen LogP contribution in [-0.4, -0.2) is 53.1 Å². The molecule has 36 heavy (non-hydrogen) atoms. The van der Waals surface area contributed by atoms with Gasteiger partial charge in [-0.1, -0.05) is 24.3 Å². The van der Waals surface area contributed by atoms with Crippen LogP contribution in [0.2, 0.25) is 0 Å². The van der Waals surface area contributed by atoms with Gasteiger partial charge in [-0.2, -0.15) is 0 Å². The lowest BCUT2D eigenvalue weighted by atomic mass is 10.0. The van der Waals surface area contributed by atoms with Crippen LogP contribution < -0.4 is 19.5 Å². The summed E-state index contributed by atoms with van der Waals surface area (Å²) in [4.78, 5) is 15.3. The van der Waals surface area contributed by atoms with E-state index in [4.69, 9.17) is 9.47 Å². The third-order valence-corrected chi connectivity index (χ3v) is 7.70. The molecule has 1 aliphatic heterocycles. The van der Waals surface area contributed by atoms with Crippen LogP contribution in [0.15, 0.2) is 77.7 Å². The van der Waals surface area contributed by atoms with Crippen LogP contribution >= 0.6 is 0 Å². The van der Waals surface area contributed by atoms with Crippen molar-refractivity contribution < 1.29 is 22.7 Å². The van der Waals surface area contributed by atoms with Crippen LogP contribution in [0.25, 0.3) is 0 Å². The van der Waals surface area contributed by atoms with Gasteiger partial charge in [0.25, 0.3) is 15.9 Å². The number of hydrogen-bond acceptors (Lipinski definition) is 6. The van der Waals surface area contributed by atoms with Gasteiger partial charge in [0.1, 0.15) is 11.5 Å². The van der Waals surface area contributed by atoms with E-state index in [2.05, 4.69) is 14.9 Å². The highest BCUT2D eigenvalue weighted by molar-refractivity contribution is 7.92. The van der Waals surface area contributed by atoms with Crippen molar-refractivity contribution in [2.75, 3.05) is 38.6 Å². The van der Waals surface area contributed by atoms with Gasteiger partial charge in [-0.25, -0.2) is 8.42 Å². The predicted octanol–water partition coefficient (Wildman–Crippen LogP) is 4.07. The average molecular weight is 510 g/mol. The lowest BCUT2D eigenvalue weighted by Gasteiger charge is -2.28. The molecular formula is C27H31N3O5S. The number of likely N-dealkylation sites (tertiary alicyclic amines) is 1. The lowest BCUT2D eigenvalue weighted by molar-refractivity contribution is 0.0937. The summed E-state index contributed by atoms with van der Waals surface area (Å²) in [6.07, 6.45) is 2.28. The van der Waals surface area contributed by atoms with E-state index in [0.717, 1.165) is 37.2 Å². The van der Waals surface area contributed by atoms with Gasteiger partial charge < -0.3 is 14.8 Å². The molecule has 4 rings (SSSR count). The van der Waals surface area contributed by atoms with Crippen LogP contribution in [0.1, 0.15) is 34.8 Å². The van der Waals surface area contributed by atoms with Gasteiger partial charge in [0.05, 0.1) is 30.8 Å². The van der Waals surface area contributed by atoms with E-state index in [0.29, 0.717) is 23.5 Å². The Morgan fingerprint density at radius 1 is 0.917 bits per heavy atom. The first-order chi connectivity index (χ1) is 17.4. The van der Waals surface area contributed by atoms with E-state index in [-0.39, 0.29) is 16.8 Å². The number of nitrogens with zero attached hydrogens (tertiary/aromatic N) is 1. The molecule has 3 aromatic rings. The fraction of sp³-hybridized carbons (Fsp3) is 0.296. The maximum Gasteiger partial charge on any atom is 0.262 e. The van der Waals surface area contributed by atoms with Crippen LogP contribution in [-0.2, 0) is 10.0 Å². The second kappa shape index (κ2) is 11.5. The number of nitrogens with one attached hydrogen (secondary N) is 2. The van der Waals surface area contributed by atoms with Crippen molar-refractivity contribution in [2.45, 2.75) is 23.8 Å². The second-order valence-electron chi connectivity index (χ2n) is 8.57. The molecule has 190 valence electrons. The molecule has 0 aromatic heterocycles. The van der Waals surface area contributed by atoms with Gasteiger partial charge in [-0.05, 0) is 80.0 Å². The molecule has 0 aliphatic carbocycles. The van der Waals surface area contributed by atoms with Gasteiger partial charge in [0.2, 0.25) is 0 Å². The van der Waals surface area contributed by atoms with Crippen LogP contribution in [0, 0.1) is 0 Å². The van der Waals surface area contributed by atoms with Crippen LogP contribution in [0.3, 0.4) is 0 Å². The zero-order valence-corrected chi connectivity index (χ0v) is 21.3. The molecule has 1 saturated heterocycles. The first-order valence-electron chi connectivity index (χ1n) is 11.8. The molecule has 1 atom stereocenters. The average Bonchev–Trinajstić information content (AvgIpc) is 3.44. The van der Waals surface area contributed by atoms with E-state index in [1.807, 2.05) is 24.3 Å². The molecule has 1 amide bonds. The minimum atomic E-state index is -3.85. The SMILES string of the molecule is COc1ccc(C(CNC(=O)c2ccc(S(=O)(=O)Nc3ccccc3OC)cc2)N2CCCC2)cc1. The summed E-state index contributed by atoms with van der Waals surface area (Å²) in [5, 5.41) is 3.02. The van der Waals surface area contributed by atoms with E-state index < -0.39 is 10.0 Å². The second-order valence-corrected chi connectivity index (χ2v) is 10.3. The molecule has 1 fully saturated rings. The molecule has 3 aromatic carbocycles. The molecule has 0 spiro atoms. The van der Waals surface area contributed by atoms with Crippen molar-refractivity contribution in [3.63, 3.8) is 0 Å². The smallest absolute Gasteiger partial charge is 0.262 e. The number of anilines is 1. The molecule has 0 saturated carbocycles. The molecule has 1 heterocycles. The Bertz CT molecular complexity index is 1270. The highest BCUT2D eigenvalue weighted by Crippen LogP contribution is 2.27. The van der Waals surface area contributed by atoms with Crippen molar-refractivity contribution in [3.05, 3.63) is 83.9 Å². The number of methoxy groups -OCH3 is 2. The van der Waals surface area contributed by atoms with Crippen molar-refractivity contribution >= 4 is 21.6 Å². The number of carbonyl (C=O) groups is 1. The summed E-state index contributed by atoms with van der Waals surface area (Å²) in [7, 11) is -0.733. The van der Waals surface area contributed by atoms with Crippen molar-refractivity contribution in [1.82, 2.24) is 10.2 Å². The van der Waals surface area contributed by atoms with E-state index in [1.54, 1.807) is 31.4 Å². The summed E-state index contributed by atoms with van der Waals surface area (Å²) in [6.45, 7) is 2.41. The maximum atomic E-state index is 12.9. The molecule has 0 bridgehead atoms. The largest absolute Gasteiger partial charge is 0.497 e. The fourth-order valence-electron chi connectivity index (χ4n) is 4.35. The lowest BCUT2D eigenvalue weighted by Crippen LogP contribution is -2.36. The van der Waals surface area contributed by atoms with Crippen LogP contribution in [0.4, 0.5) is 5.69 Å². The number of rotatable bonds is 10. The number of amides is 1. The van der Waals surface area contributed by atoms with Crippen molar-refractivity contribution in [1.29, 1.82) is 0 Å². The topological polar surface area (TPSA) is 97.0 Å². The third-order valence-electron chi connectivity index (χ3n) is 6.32. The van der Waals surface area contributed by atoms with E-state index in [1.165, 1.54) is 31.4 Å². The zero-order chi connectivity index (χ0) is 25.5. The highest BCUT2D eigenvalue weighted by Gasteiger charge is 2.24. The van der Waals surface area contributed by atoms with Gasteiger partial charge in [-0.3, -0.25) is 14.4 Å². The Balaban J connectivity index is 1.43. The number of para-hydroxylation sites is 2. The van der Waals surface area contributed by atoms with Gasteiger partial charge in [0.15, 0.2) is 0 Å². The molecule has 1 aliphatic rings. The Hall–Kier alpha value is -3.56. The Labute approximate surface area is 212 Å². The number of hydrogen-bond donors (Lipinski definition) is 2. The maximum absolute atomic E-state index is 12.9. The Morgan fingerprint density at radius 3 is 2.22 bits per heavy atom. The number of ether oxygens (including phenoxy) is 2. The molecular weight excluding hydrogens is 478 g/mol. The van der Waals surface area contributed by atoms with E-state index in [9.17, 15) is 13.2 Å². The molecule has 0 radical (unpaired) electrons. The standard InChI is InChI=1S/C27H31N3O5S/c1-34-22-13-9-20(10-14-22)25(30-17-5-6-18-30)19-28-27(31)21-11-15-23(16-12-21)36(32,33)29-24-7-3-4-8-26(24)35-2/h3-4,7-16,25,29H,5-6,17-19H2,1-2H3,(H,28,31). The Morgan fingerprint density at radius 2 is 1.58 bits per heavy atom. The number of sulfonamides is 1. The summed E-state index contributed by atoms with van der Waals surface area (Å²) < 4.78 is 38.7. The fourth-order valence-corrected chi connectivity index (χ4v) is 5.42. The Kier molecular flexibility index (Phi) is 8.12. The van der Waals surface area contributed by atoms with Crippen LogP contribution in [0.5, 0.6) is 11.5 Å². The first-order valence-corrected chi connectivity index (χ1v) is 13.3. The van der Waals surface area contributed by atoms with Gasteiger partial charge >= 0.3 is 0 Å². The summed E-state index contributed by atoms with van der Waals surface area (Å²) >= 11 is 0. The number of benzene rings is 3. The summed E-state index contributed by atoms with van der Waals surface area (Å²) in [5.74, 6) is 0.953. The summed E-state index contributed by atoms with van der Waals surface area (Å²) in [6, 6.07) is 20.6.